The molecule has 1 heterocycles. The zero-order valence-electron chi connectivity index (χ0n) is 10.3. The van der Waals surface area contributed by atoms with Gasteiger partial charge in [-0.25, -0.2) is 0 Å². The van der Waals surface area contributed by atoms with Gasteiger partial charge in [0, 0.05) is 6.42 Å². The van der Waals surface area contributed by atoms with Crippen molar-refractivity contribution in [2.24, 2.45) is 11.8 Å². The lowest BCUT2D eigenvalue weighted by Crippen LogP contribution is -2.65. The molecule has 0 bridgehead atoms. The molecule has 15 heavy (non-hydrogen) atoms. The summed E-state index contributed by atoms with van der Waals surface area (Å²) in [6.45, 7) is 9.26. The van der Waals surface area contributed by atoms with E-state index in [0.717, 1.165) is 6.42 Å². The second-order valence-electron chi connectivity index (χ2n) is 5.44. The standard InChI is InChI=1S/C12H23NO2/c1-9(2)5-6-11(14)13-7-12(15,8-13)10(3)4/h9-10,15H,5-8H2,1-4H3. The van der Waals surface area contributed by atoms with E-state index >= 15 is 0 Å². The number of aliphatic hydroxyl groups is 1. The Kier molecular flexibility index (Phi) is 3.77. The highest BCUT2D eigenvalue weighted by Crippen LogP contribution is 2.29. The monoisotopic (exact) mass is 213 g/mol. The molecule has 0 aliphatic carbocycles. The molecular weight excluding hydrogens is 190 g/mol. The van der Waals surface area contributed by atoms with E-state index in [1.807, 2.05) is 13.8 Å². The Morgan fingerprint density at radius 2 is 1.87 bits per heavy atom. The first-order valence-electron chi connectivity index (χ1n) is 5.85. The van der Waals surface area contributed by atoms with Crippen LogP contribution in [-0.2, 0) is 4.79 Å². The van der Waals surface area contributed by atoms with Gasteiger partial charge < -0.3 is 10.0 Å². The van der Waals surface area contributed by atoms with Gasteiger partial charge in [0.25, 0.3) is 0 Å². The minimum absolute atomic E-state index is 0.189. The molecule has 1 amide bonds. The van der Waals surface area contributed by atoms with Crippen molar-refractivity contribution in [2.45, 2.75) is 46.1 Å². The van der Waals surface area contributed by atoms with Gasteiger partial charge in [-0.05, 0) is 18.3 Å². The highest BCUT2D eigenvalue weighted by Gasteiger charge is 2.45. The first-order chi connectivity index (χ1) is 6.85. The summed E-state index contributed by atoms with van der Waals surface area (Å²) in [7, 11) is 0. The summed E-state index contributed by atoms with van der Waals surface area (Å²) in [4.78, 5) is 13.4. The van der Waals surface area contributed by atoms with Crippen molar-refractivity contribution in [1.29, 1.82) is 0 Å². The van der Waals surface area contributed by atoms with E-state index in [9.17, 15) is 9.90 Å². The van der Waals surface area contributed by atoms with Crippen molar-refractivity contribution >= 4 is 5.91 Å². The summed E-state index contributed by atoms with van der Waals surface area (Å²) in [5.41, 5.74) is -0.631. The van der Waals surface area contributed by atoms with Crippen LogP contribution < -0.4 is 0 Å². The third kappa shape index (κ3) is 2.94. The number of amides is 1. The third-order valence-corrected chi connectivity index (χ3v) is 3.29. The van der Waals surface area contributed by atoms with Gasteiger partial charge >= 0.3 is 0 Å². The third-order valence-electron chi connectivity index (χ3n) is 3.29. The highest BCUT2D eigenvalue weighted by atomic mass is 16.3. The Morgan fingerprint density at radius 1 is 1.33 bits per heavy atom. The maximum absolute atomic E-state index is 11.7. The average molecular weight is 213 g/mol. The molecule has 1 fully saturated rings. The molecular formula is C12H23NO2. The summed E-state index contributed by atoms with van der Waals surface area (Å²) in [5.74, 6) is 0.986. The quantitative estimate of drug-likeness (QED) is 0.771. The average Bonchev–Trinajstić information content (AvgIpc) is 2.08. The smallest absolute Gasteiger partial charge is 0.222 e. The van der Waals surface area contributed by atoms with Gasteiger partial charge in [0.05, 0.1) is 13.1 Å². The second kappa shape index (κ2) is 4.52. The maximum Gasteiger partial charge on any atom is 0.222 e. The van der Waals surface area contributed by atoms with Gasteiger partial charge in [0.2, 0.25) is 5.91 Å². The van der Waals surface area contributed by atoms with Gasteiger partial charge in [-0.15, -0.1) is 0 Å². The predicted octanol–water partition coefficient (Wildman–Crippen LogP) is 1.65. The molecule has 0 radical (unpaired) electrons. The SMILES string of the molecule is CC(C)CCC(=O)N1CC(O)(C(C)C)C1. The summed E-state index contributed by atoms with van der Waals surface area (Å²) in [5, 5.41) is 9.99. The van der Waals surface area contributed by atoms with Crippen molar-refractivity contribution < 1.29 is 9.90 Å². The van der Waals surface area contributed by atoms with Crippen LogP contribution in [0.3, 0.4) is 0 Å². The van der Waals surface area contributed by atoms with Crippen LogP contribution in [0.25, 0.3) is 0 Å². The first kappa shape index (κ1) is 12.5. The molecule has 88 valence electrons. The molecule has 1 N–H and O–H groups in total. The van der Waals surface area contributed by atoms with Crippen LogP contribution in [0.2, 0.25) is 0 Å². The van der Waals surface area contributed by atoms with E-state index < -0.39 is 5.60 Å². The van der Waals surface area contributed by atoms with E-state index in [0.29, 0.717) is 25.4 Å². The van der Waals surface area contributed by atoms with E-state index in [1.165, 1.54) is 0 Å². The molecule has 3 nitrogen and oxygen atoms in total. The molecule has 1 saturated heterocycles. The van der Waals surface area contributed by atoms with E-state index in [4.69, 9.17) is 0 Å². The fourth-order valence-electron chi connectivity index (χ4n) is 1.73. The Morgan fingerprint density at radius 3 is 2.27 bits per heavy atom. The second-order valence-corrected chi connectivity index (χ2v) is 5.44. The number of rotatable bonds is 4. The summed E-state index contributed by atoms with van der Waals surface area (Å²) >= 11 is 0. The normalized spacial score (nSPS) is 19.5. The maximum atomic E-state index is 11.7. The van der Waals surface area contributed by atoms with Crippen LogP contribution >= 0.6 is 0 Å². The lowest BCUT2D eigenvalue weighted by molar-refractivity contribution is -0.164. The molecule has 0 aromatic rings. The minimum atomic E-state index is -0.631. The summed E-state index contributed by atoms with van der Waals surface area (Å²) < 4.78 is 0. The van der Waals surface area contributed by atoms with E-state index in [-0.39, 0.29) is 11.8 Å². The fourth-order valence-corrected chi connectivity index (χ4v) is 1.73. The van der Waals surface area contributed by atoms with Crippen LogP contribution in [0.15, 0.2) is 0 Å². The first-order valence-corrected chi connectivity index (χ1v) is 5.85. The van der Waals surface area contributed by atoms with Crippen molar-refractivity contribution in [3.8, 4) is 0 Å². The van der Waals surface area contributed by atoms with Crippen LogP contribution in [0.5, 0.6) is 0 Å². The zero-order valence-corrected chi connectivity index (χ0v) is 10.3. The Labute approximate surface area is 92.5 Å². The van der Waals surface area contributed by atoms with Crippen molar-refractivity contribution in [2.75, 3.05) is 13.1 Å². The molecule has 0 unspecified atom stereocenters. The number of nitrogens with zero attached hydrogens (tertiary/aromatic N) is 1. The topological polar surface area (TPSA) is 40.5 Å². The van der Waals surface area contributed by atoms with E-state index in [2.05, 4.69) is 13.8 Å². The Bertz CT molecular complexity index is 230. The van der Waals surface area contributed by atoms with Gasteiger partial charge in [-0.3, -0.25) is 4.79 Å². The molecule has 0 aromatic carbocycles. The highest BCUT2D eigenvalue weighted by molar-refractivity contribution is 5.77. The molecule has 1 aliphatic rings. The van der Waals surface area contributed by atoms with Crippen molar-refractivity contribution in [3.63, 3.8) is 0 Å². The van der Waals surface area contributed by atoms with Gasteiger partial charge in [0.1, 0.15) is 5.60 Å². The molecule has 1 rings (SSSR count). The lowest BCUT2D eigenvalue weighted by atomic mass is 9.83. The fraction of sp³-hybridized carbons (Fsp3) is 0.917. The molecule has 3 heteroatoms. The van der Waals surface area contributed by atoms with Gasteiger partial charge in [0.15, 0.2) is 0 Å². The number of β-amino-alcohol motifs (C(OH)–C–C–N with tert-alkyl or cyclic N) is 1. The largest absolute Gasteiger partial charge is 0.386 e. The predicted molar refractivity (Wildman–Crippen MR) is 60.4 cm³/mol. The van der Waals surface area contributed by atoms with Crippen LogP contribution in [0, 0.1) is 11.8 Å². The summed E-state index contributed by atoms with van der Waals surface area (Å²) in [6.07, 6.45) is 1.56. The minimum Gasteiger partial charge on any atom is -0.386 e. The number of hydrogen-bond acceptors (Lipinski definition) is 2. The molecule has 0 spiro atoms. The zero-order chi connectivity index (χ0) is 11.6. The van der Waals surface area contributed by atoms with Gasteiger partial charge in [-0.2, -0.15) is 0 Å². The lowest BCUT2D eigenvalue weighted by Gasteiger charge is -2.49. The molecule has 1 aliphatic heterocycles. The van der Waals surface area contributed by atoms with Crippen molar-refractivity contribution in [3.05, 3.63) is 0 Å². The number of likely N-dealkylation sites (tertiary alicyclic amines) is 1. The van der Waals surface area contributed by atoms with Crippen molar-refractivity contribution in [1.82, 2.24) is 4.90 Å². The van der Waals surface area contributed by atoms with Crippen LogP contribution in [0.4, 0.5) is 0 Å². The van der Waals surface area contributed by atoms with Crippen LogP contribution in [0.1, 0.15) is 40.5 Å². The molecule has 0 atom stereocenters. The van der Waals surface area contributed by atoms with Gasteiger partial charge in [-0.1, -0.05) is 27.7 Å². The Hall–Kier alpha value is -0.570. The molecule has 0 aromatic heterocycles. The summed E-state index contributed by atoms with van der Waals surface area (Å²) in [6, 6.07) is 0. The number of hydrogen-bond donors (Lipinski definition) is 1. The number of carbonyl (C=O) groups excluding carboxylic acids is 1. The van der Waals surface area contributed by atoms with E-state index in [1.54, 1.807) is 4.90 Å². The Balaban J connectivity index is 2.29. The van der Waals surface area contributed by atoms with Crippen LogP contribution in [-0.4, -0.2) is 34.6 Å². The molecule has 0 saturated carbocycles. The number of carbonyl (C=O) groups is 1.